The van der Waals surface area contributed by atoms with Gasteiger partial charge in [0.1, 0.15) is 5.75 Å². The summed E-state index contributed by atoms with van der Waals surface area (Å²) in [6, 6.07) is 3.73. The summed E-state index contributed by atoms with van der Waals surface area (Å²) in [6.07, 6.45) is 1.58. The lowest BCUT2D eigenvalue weighted by molar-refractivity contribution is -0.384. The van der Waals surface area contributed by atoms with Crippen LogP contribution >= 0.6 is 0 Å². The van der Waals surface area contributed by atoms with E-state index in [0.717, 1.165) is 12.5 Å². The number of piperidine rings is 1. The third-order valence-electron chi connectivity index (χ3n) is 3.90. The average molecular weight is 320 g/mol. The third kappa shape index (κ3) is 4.28. The maximum Gasteiger partial charge on any atom is 0.270 e. The number of nitro groups is 1. The zero-order valence-corrected chi connectivity index (χ0v) is 13.2. The van der Waals surface area contributed by atoms with Crippen molar-refractivity contribution < 1.29 is 19.2 Å². The molecule has 124 valence electrons. The highest BCUT2D eigenvalue weighted by atomic mass is 16.6. The summed E-state index contributed by atoms with van der Waals surface area (Å²) in [7, 11) is 0. The highest BCUT2D eigenvalue weighted by molar-refractivity contribution is 5.82. The van der Waals surface area contributed by atoms with Gasteiger partial charge in [-0.1, -0.05) is 13.8 Å². The minimum atomic E-state index is -0.585. The Labute approximate surface area is 134 Å². The number of amides is 1. The molecule has 1 heterocycles. The fraction of sp³-hybridized carbons (Fsp3) is 0.500. The van der Waals surface area contributed by atoms with Crippen LogP contribution in [0.3, 0.4) is 0 Å². The van der Waals surface area contributed by atoms with Crippen molar-refractivity contribution in [2.45, 2.75) is 20.3 Å². The van der Waals surface area contributed by atoms with E-state index in [4.69, 9.17) is 4.74 Å². The number of nitro benzene ring substituents is 1. The van der Waals surface area contributed by atoms with Crippen LogP contribution in [0.15, 0.2) is 18.2 Å². The molecule has 0 radical (unpaired) electrons. The molecule has 1 aliphatic heterocycles. The number of hydrogen-bond donors (Lipinski definition) is 0. The Bertz CT molecular complexity index is 606. The molecule has 1 aliphatic rings. The Morgan fingerprint density at radius 3 is 2.61 bits per heavy atom. The topological polar surface area (TPSA) is 89.8 Å². The van der Waals surface area contributed by atoms with Crippen molar-refractivity contribution >= 4 is 17.9 Å². The van der Waals surface area contributed by atoms with Gasteiger partial charge in [0.15, 0.2) is 12.9 Å². The summed E-state index contributed by atoms with van der Waals surface area (Å²) < 4.78 is 5.40. The van der Waals surface area contributed by atoms with Crippen LogP contribution in [0, 0.1) is 22.0 Å². The first-order chi connectivity index (χ1) is 10.9. The second-order valence-corrected chi connectivity index (χ2v) is 6.13. The molecule has 2 rings (SSSR count). The molecule has 0 aromatic heterocycles. The smallest absolute Gasteiger partial charge is 0.270 e. The highest BCUT2D eigenvalue weighted by Gasteiger charge is 2.25. The number of nitrogens with zero attached hydrogens (tertiary/aromatic N) is 2. The molecule has 1 aromatic carbocycles. The van der Waals surface area contributed by atoms with Crippen LogP contribution in [-0.2, 0) is 4.79 Å². The maximum absolute atomic E-state index is 12.2. The summed E-state index contributed by atoms with van der Waals surface area (Å²) in [6.45, 7) is 5.44. The highest BCUT2D eigenvalue weighted by Crippen LogP contribution is 2.24. The molecule has 2 unspecified atom stereocenters. The summed E-state index contributed by atoms with van der Waals surface area (Å²) >= 11 is 0. The summed E-state index contributed by atoms with van der Waals surface area (Å²) in [5.41, 5.74) is -0.128. The van der Waals surface area contributed by atoms with E-state index in [9.17, 15) is 19.7 Å². The Kier molecular flexibility index (Phi) is 5.31. The molecule has 23 heavy (non-hydrogen) atoms. The van der Waals surface area contributed by atoms with Gasteiger partial charge in [-0.3, -0.25) is 19.7 Å². The molecule has 1 fully saturated rings. The summed E-state index contributed by atoms with van der Waals surface area (Å²) in [4.78, 5) is 35.2. The van der Waals surface area contributed by atoms with Gasteiger partial charge in [-0.15, -0.1) is 0 Å². The molecule has 0 saturated carbocycles. The summed E-state index contributed by atoms with van der Waals surface area (Å²) in [5.74, 6) is 0.941. The minimum absolute atomic E-state index is 0.0624. The van der Waals surface area contributed by atoms with Gasteiger partial charge < -0.3 is 9.64 Å². The predicted octanol–water partition coefficient (Wildman–Crippen LogP) is 2.29. The van der Waals surface area contributed by atoms with E-state index in [-0.39, 0.29) is 29.5 Å². The zero-order valence-electron chi connectivity index (χ0n) is 13.2. The number of carbonyl (C=O) groups excluding carboxylic acids is 2. The number of benzene rings is 1. The van der Waals surface area contributed by atoms with Gasteiger partial charge in [-0.05, 0) is 24.3 Å². The number of aldehydes is 1. The standard InChI is InChI=1S/C16H20N2O5/c1-11-5-12(2)8-17(7-11)16(20)10-23-15-4-3-14(18(21)22)6-13(15)9-19/h3-4,6,9,11-12H,5,7-8,10H2,1-2H3. The number of ether oxygens (including phenoxy) is 1. The van der Waals surface area contributed by atoms with Crippen molar-refractivity contribution in [2.24, 2.45) is 11.8 Å². The third-order valence-corrected chi connectivity index (χ3v) is 3.90. The van der Waals surface area contributed by atoms with E-state index in [0.29, 0.717) is 31.2 Å². The van der Waals surface area contributed by atoms with Crippen molar-refractivity contribution in [2.75, 3.05) is 19.7 Å². The lowest BCUT2D eigenvalue weighted by Gasteiger charge is -2.34. The van der Waals surface area contributed by atoms with Gasteiger partial charge in [0, 0.05) is 25.2 Å². The van der Waals surface area contributed by atoms with Gasteiger partial charge in [-0.2, -0.15) is 0 Å². The molecular weight excluding hydrogens is 300 g/mol. The van der Waals surface area contributed by atoms with Gasteiger partial charge >= 0.3 is 0 Å². The van der Waals surface area contributed by atoms with E-state index >= 15 is 0 Å². The molecular formula is C16H20N2O5. The lowest BCUT2D eigenvalue weighted by Crippen LogP contribution is -2.44. The lowest BCUT2D eigenvalue weighted by atomic mass is 9.92. The molecule has 0 spiro atoms. The van der Waals surface area contributed by atoms with Crippen molar-refractivity contribution in [3.63, 3.8) is 0 Å². The largest absolute Gasteiger partial charge is 0.483 e. The van der Waals surface area contributed by atoms with Gasteiger partial charge in [0.25, 0.3) is 11.6 Å². The molecule has 0 bridgehead atoms. The van der Waals surface area contributed by atoms with E-state index < -0.39 is 4.92 Å². The van der Waals surface area contributed by atoms with Crippen molar-refractivity contribution in [3.8, 4) is 5.75 Å². The predicted molar refractivity (Wildman–Crippen MR) is 83.5 cm³/mol. The van der Waals surface area contributed by atoms with Crippen molar-refractivity contribution in [3.05, 3.63) is 33.9 Å². The number of carbonyl (C=O) groups is 2. The normalized spacial score (nSPS) is 20.9. The van der Waals surface area contributed by atoms with Crippen molar-refractivity contribution in [1.82, 2.24) is 4.90 Å². The fourth-order valence-corrected chi connectivity index (χ4v) is 2.97. The van der Waals surface area contributed by atoms with Crippen LogP contribution in [0.5, 0.6) is 5.75 Å². The second kappa shape index (κ2) is 7.21. The van der Waals surface area contributed by atoms with Crippen LogP contribution in [0.2, 0.25) is 0 Å². The molecule has 1 amide bonds. The SMILES string of the molecule is CC1CC(C)CN(C(=O)COc2ccc([N+](=O)[O-])cc2C=O)C1. The quantitative estimate of drug-likeness (QED) is 0.472. The zero-order chi connectivity index (χ0) is 17.0. The fourth-order valence-electron chi connectivity index (χ4n) is 2.97. The number of rotatable bonds is 5. The number of hydrogen-bond acceptors (Lipinski definition) is 5. The minimum Gasteiger partial charge on any atom is -0.483 e. The Morgan fingerprint density at radius 2 is 2.04 bits per heavy atom. The number of non-ortho nitro benzene ring substituents is 1. The van der Waals surface area contributed by atoms with E-state index in [1.807, 2.05) is 0 Å². The first kappa shape index (κ1) is 16.9. The monoisotopic (exact) mass is 320 g/mol. The van der Waals surface area contributed by atoms with E-state index in [1.54, 1.807) is 4.90 Å². The van der Waals surface area contributed by atoms with Gasteiger partial charge in [-0.25, -0.2) is 0 Å². The first-order valence-electron chi connectivity index (χ1n) is 7.55. The number of likely N-dealkylation sites (tertiary alicyclic amines) is 1. The van der Waals surface area contributed by atoms with Crippen LogP contribution in [0.4, 0.5) is 5.69 Å². The molecule has 1 aromatic rings. The molecule has 2 atom stereocenters. The van der Waals surface area contributed by atoms with Crippen LogP contribution in [0.1, 0.15) is 30.6 Å². The van der Waals surface area contributed by atoms with E-state index in [2.05, 4.69) is 13.8 Å². The maximum atomic E-state index is 12.2. The Morgan fingerprint density at radius 1 is 1.39 bits per heavy atom. The molecule has 0 aliphatic carbocycles. The van der Waals surface area contributed by atoms with Gasteiger partial charge in [0.05, 0.1) is 10.5 Å². The first-order valence-corrected chi connectivity index (χ1v) is 7.55. The molecule has 7 nitrogen and oxygen atoms in total. The van der Waals surface area contributed by atoms with Crippen molar-refractivity contribution in [1.29, 1.82) is 0 Å². The Balaban J connectivity index is 2.01. The average Bonchev–Trinajstić information content (AvgIpc) is 2.51. The second-order valence-electron chi connectivity index (χ2n) is 6.13. The molecule has 0 N–H and O–H groups in total. The van der Waals surface area contributed by atoms with Gasteiger partial charge in [0.2, 0.25) is 0 Å². The van der Waals surface area contributed by atoms with Crippen LogP contribution < -0.4 is 4.74 Å². The Hall–Kier alpha value is -2.44. The van der Waals surface area contributed by atoms with E-state index in [1.165, 1.54) is 12.1 Å². The molecule has 1 saturated heterocycles. The molecule has 7 heteroatoms. The van der Waals surface area contributed by atoms with Crippen LogP contribution in [-0.4, -0.2) is 41.7 Å². The van der Waals surface area contributed by atoms with Crippen LogP contribution in [0.25, 0.3) is 0 Å². The summed E-state index contributed by atoms with van der Waals surface area (Å²) in [5, 5.41) is 10.7.